The van der Waals surface area contributed by atoms with Gasteiger partial charge in [0.1, 0.15) is 5.54 Å². The normalized spacial score (nSPS) is 23.5. The van der Waals surface area contributed by atoms with Crippen LogP contribution in [0.15, 0.2) is 0 Å². The number of carbonyl (C=O) groups is 1. The highest BCUT2D eigenvalue weighted by Gasteiger charge is 2.43. The third-order valence-corrected chi connectivity index (χ3v) is 5.24. The van der Waals surface area contributed by atoms with Crippen molar-refractivity contribution in [3.8, 4) is 6.07 Å². The molecule has 1 saturated carbocycles. The molecule has 1 heterocycles. The number of nitrogens with one attached hydrogen (secondary N) is 1. The van der Waals surface area contributed by atoms with E-state index in [2.05, 4.69) is 21.2 Å². The Morgan fingerprint density at radius 3 is 2.54 bits per heavy atom. The molecule has 2 atom stereocenters. The molecule has 1 amide bonds. The number of likely N-dealkylation sites (N-methyl/N-ethyl adjacent to an activating group) is 1. The van der Waals surface area contributed by atoms with Crippen molar-refractivity contribution in [3.63, 3.8) is 0 Å². The molecular weight excluding hydrogens is 304 g/mol. The van der Waals surface area contributed by atoms with E-state index in [-0.39, 0.29) is 12.0 Å². The van der Waals surface area contributed by atoms with E-state index in [1.54, 1.807) is 0 Å². The summed E-state index contributed by atoms with van der Waals surface area (Å²) in [6.07, 6.45) is 4.01. The quantitative estimate of drug-likeness (QED) is 0.686. The van der Waals surface area contributed by atoms with Gasteiger partial charge < -0.3 is 15.3 Å². The van der Waals surface area contributed by atoms with Crippen molar-refractivity contribution in [3.05, 3.63) is 0 Å². The molecule has 24 heavy (non-hydrogen) atoms. The van der Waals surface area contributed by atoms with Gasteiger partial charge in [-0.15, -0.1) is 0 Å². The van der Waals surface area contributed by atoms with E-state index in [0.29, 0.717) is 18.4 Å². The highest BCUT2D eigenvalue weighted by atomic mass is 16.3. The molecule has 2 aliphatic rings. The number of piperidine rings is 1. The van der Waals surface area contributed by atoms with Gasteiger partial charge in [-0.25, -0.2) is 0 Å². The molecule has 0 spiro atoms. The molecular formula is C18H32N4O2. The van der Waals surface area contributed by atoms with Crippen molar-refractivity contribution in [1.29, 1.82) is 5.26 Å². The van der Waals surface area contributed by atoms with Crippen LogP contribution >= 0.6 is 0 Å². The molecule has 136 valence electrons. The number of aliphatic hydroxyl groups excluding tert-OH is 1. The molecule has 0 aromatic carbocycles. The van der Waals surface area contributed by atoms with Crippen molar-refractivity contribution < 1.29 is 9.90 Å². The van der Waals surface area contributed by atoms with Crippen molar-refractivity contribution in [2.45, 2.75) is 51.2 Å². The van der Waals surface area contributed by atoms with Crippen molar-refractivity contribution in [2.75, 3.05) is 39.8 Å². The molecule has 0 aromatic heterocycles. The van der Waals surface area contributed by atoms with Crippen LogP contribution in [-0.2, 0) is 4.79 Å². The molecule has 0 bridgehead atoms. The molecule has 6 nitrogen and oxygen atoms in total. The number of amides is 1. The molecule has 6 heteroatoms. The molecule has 2 fully saturated rings. The average molecular weight is 336 g/mol. The lowest BCUT2D eigenvalue weighted by atomic mass is 9.96. The van der Waals surface area contributed by atoms with Crippen molar-refractivity contribution in [2.24, 2.45) is 11.8 Å². The van der Waals surface area contributed by atoms with Crippen LogP contribution in [0.25, 0.3) is 0 Å². The van der Waals surface area contributed by atoms with Gasteiger partial charge >= 0.3 is 0 Å². The minimum absolute atomic E-state index is 0.0556. The number of hydrogen-bond donors (Lipinski definition) is 2. The topological polar surface area (TPSA) is 79.6 Å². The van der Waals surface area contributed by atoms with Crippen LogP contribution in [0.4, 0.5) is 0 Å². The van der Waals surface area contributed by atoms with Crippen LogP contribution in [0.2, 0.25) is 0 Å². The summed E-state index contributed by atoms with van der Waals surface area (Å²) < 4.78 is 0. The summed E-state index contributed by atoms with van der Waals surface area (Å²) in [5, 5.41) is 21.7. The highest BCUT2D eigenvalue weighted by molar-refractivity contribution is 5.79. The first-order valence-corrected chi connectivity index (χ1v) is 9.13. The van der Waals surface area contributed by atoms with Crippen LogP contribution in [0.5, 0.6) is 0 Å². The Hall–Kier alpha value is -1.16. The lowest BCUT2D eigenvalue weighted by Gasteiger charge is -2.34. The molecule has 0 unspecified atom stereocenters. The van der Waals surface area contributed by atoms with Gasteiger partial charge in [0, 0.05) is 13.1 Å². The Labute approximate surface area is 145 Å². The number of nitriles is 1. The summed E-state index contributed by atoms with van der Waals surface area (Å²) in [6.45, 7) is 7.70. The second kappa shape index (κ2) is 8.28. The van der Waals surface area contributed by atoms with Crippen LogP contribution in [-0.4, -0.2) is 72.2 Å². The van der Waals surface area contributed by atoms with E-state index in [0.717, 1.165) is 51.9 Å². The second-order valence-corrected chi connectivity index (χ2v) is 7.93. The lowest BCUT2D eigenvalue weighted by Crippen LogP contribution is -2.50. The summed E-state index contributed by atoms with van der Waals surface area (Å²) in [4.78, 5) is 16.6. The fourth-order valence-electron chi connectivity index (χ4n) is 3.69. The third-order valence-electron chi connectivity index (χ3n) is 5.24. The number of nitrogens with zero attached hydrogens (tertiary/aromatic N) is 3. The van der Waals surface area contributed by atoms with Gasteiger partial charge in [-0.2, -0.15) is 5.26 Å². The standard InChI is InChI=1S/C18H32N4O2/c1-14(23)10-22-8-6-15(7-9-22)11-21(3)12-17(24)20-18(2,13-19)16-4-5-16/h14-16,23H,4-12H2,1-3H3,(H,20,24)/t14-,18-/m0/s1. The zero-order chi connectivity index (χ0) is 17.7. The summed E-state index contributed by atoms with van der Waals surface area (Å²) in [5.41, 5.74) is -0.704. The predicted molar refractivity (Wildman–Crippen MR) is 93.2 cm³/mol. The first-order valence-electron chi connectivity index (χ1n) is 9.13. The van der Waals surface area contributed by atoms with Gasteiger partial charge in [-0.1, -0.05) is 0 Å². The Morgan fingerprint density at radius 2 is 2.04 bits per heavy atom. The van der Waals surface area contributed by atoms with Gasteiger partial charge in [-0.05, 0) is 71.5 Å². The Bertz CT molecular complexity index is 464. The van der Waals surface area contributed by atoms with E-state index in [1.165, 1.54) is 0 Å². The molecule has 2 N–H and O–H groups in total. The Kier molecular flexibility index (Phi) is 6.62. The van der Waals surface area contributed by atoms with Gasteiger partial charge in [-0.3, -0.25) is 9.69 Å². The monoisotopic (exact) mass is 336 g/mol. The number of rotatable bonds is 8. The van der Waals surface area contributed by atoms with Gasteiger partial charge in [0.2, 0.25) is 5.91 Å². The number of carbonyl (C=O) groups excluding carboxylic acids is 1. The lowest BCUT2D eigenvalue weighted by molar-refractivity contribution is -0.123. The van der Waals surface area contributed by atoms with E-state index >= 15 is 0 Å². The zero-order valence-corrected chi connectivity index (χ0v) is 15.3. The number of β-amino-alcohol motifs (C(OH)–C–C–N with tert-alkyl or cyclic N) is 1. The van der Waals surface area contributed by atoms with E-state index < -0.39 is 5.54 Å². The van der Waals surface area contributed by atoms with Crippen LogP contribution in [0.3, 0.4) is 0 Å². The molecule has 0 radical (unpaired) electrons. The summed E-state index contributed by atoms with van der Waals surface area (Å²) in [7, 11) is 1.97. The molecule has 1 aliphatic carbocycles. The maximum absolute atomic E-state index is 12.2. The Morgan fingerprint density at radius 1 is 1.42 bits per heavy atom. The SMILES string of the molecule is C[C@H](O)CN1CCC(CN(C)CC(=O)N[C@@](C)(C#N)C2CC2)CC1. The van der Waals surface area contributed by atoms with Gasteiger partial charge in [0.25, 0.3) is 0 Å². The summed E-state index contributed by atoms with van der Waals surface area (Å²) >= 11 is 0. The average Bonchev–Trinajstić information content (AvgIpc) is 3.33. The van der Waals surface area contributed by atoms with Crippen molar-refractivity contribution in [1.82, 2.24) is 15.1 Å². The largest absolute Gasteiger partial charge is 0.392 e. The first-order chi connectivity index (χ1) is 11.3. The Balaban J connectivity index is 1.69. The first kappa shape index (κ1) is 19.2. The molecule has 1 aliphatic heterocycles. The van der Waals surface area contributed by atoms with Crippen LogP contribution in [0, 0.1) is 23.2 Å². The maximum Gasteiger partial charge on any atom is 0.235 e. The molecule has 0 aromatic rings. The number of likely N-dealkylation sites (tertiary alicyclic amines) is 1. The van der Waals surface area contributed by atoms with Crippen molar-refractivity contribution >= 4 is 5.91 Å². The minimum Gasteiger partial charge on any atom is -0.392 e. The fourth-order valence-corrected chi connectivity index (χ4v) is 3.69. The maximum atomic E-state index is 12.2. The van der Waals surface area contributed by atoms with Crippen LogP contribution in [0.1, 0.15) is 39.5 Å². The van der Waals surface area contributed by atoms with Gasteiger partial charge in [0.15, 0.2) is 0 Å². The predicted octanol–water partition coefficient (Wildman–Crippen LogP) is 0.819. The third kappa shape index (κ3) is 5.73. The zero-order valence-electron chi connectivity index (χ0n) is 15.3. The van der Waals surface area contributed by atoms with E-state index in [9.17, 15) is 15.2 Å². The second-order valence-electron chi connectivity index (χ2n) is 7.93. The van der Waals surface area contributed by atoms with E-state index in [1.807, 2.05) is 20.9 Å². The molecule has 2 rings (SSSR count). The number of hydrogen-bond acceptors (Lipinski definition) is 5. The fraction of sp³-hybridized carbons (Fsp3) is 0.889. The van der Waals surface area contributed by atoms with Crippen LogP contribution < -0.4 is 5.32 Å². The summed E-state index contributed by atoms with van der Waals surface area (Å²) in [6, 6.07) is 2.27. The highest BCUT2D eigenvalue weighted by Crippen LogP contribution is 2.39. The molecule has 1 saturated heterocycles. The van der Waals surface area contributed by atoms with E-state index in [4.69, 9.17) is 0 Å². The van der Waals surface area contributed by atoms with Gasteiger partial charge in [0.05, 0.1) is 18.7 Å². The minimum atomic E-state index is -0.704. The summed E-state index contributed by atoms with van der Waals surface area (Å²) in [5.74, 6) is 0.855. The smallest absolute Gasteiger partial charge is 0.235 e. The number of aliphatic hydroxyl groups is 1.